The van der Waals surface area contributed by atoms with Crippen molar-refractivity contribution in [2.45, 2.75) is 39.2 Å². The summed E-state index contributed by atoms with van der Waals surface area (Å²) in [6, 6.07) is 10.0. The molecular weight excluding hydrogens is 350 g/mol. The van der Waals surface area contributed by atoms with Gasteiger partial charge in [-0.25, -0.2) is 0 Å². The number of benzene rings is 1. The van der Waals surface area contributed by atoms with E-state index in [1.165, 1.54) is 22.7 Å². The number of hydrogen-bond acceptors (Lipinski definition) is 3. The third-order valence-corrected chi connectivity index (χ3v) is 6.78. The normalized spacial score (nSPS) is 18.2. The molecule has 0 spiro atoms. The fourth-order valence-corrected chi connectivity index (χ4v) is 4.44. The van der Waals surface area contributed by atoms with Crippen molar-refractivity contribution < 1.29 is 13.2 Å². The van der Waals surface area contributed by atoms with Crippen molar-refractivity contribution in [3.05, 3.63) is 35.9 Å². The van der Waals surface area contributed by atoms with Crippen LogP contribution in [-0.4, -0.2) is 50.1 Å². The van der Waals surface area contributed by atoms with Gasteiger partial charge < -0.3 is 5.32 Å². The van der Waals surface area contributed by atoms with E-state index in [0.29, 0.717) is 31.8 Å². The highest BCUT2D eigenvalue weighted by molar-refractivity contribution is 7.86. The summed E-state index contributed by atoms with van der Waals surface area (Å²) in [5.41, 5.74) is 1.11. The topological polar surface area (TPSA) is 69.7 Å². The van der Waals surface area contributed by atoms with Gasteiger partial charge in [-0.2, -0.15) is 17.0 Å². The fraction of sp³-hybridized carbons (Fsp3) is 0.632. The van der Waals surface area contributed by atoms with E-state index >= 15 is 0 Å². The third-order valence-electron chi connectivity index (χ3n) is 4.84. The number of hydrogen-bond donors (Lipinski definition) is 1. The maximum atomic E-state index is 12.8. The van der Waals surface area contributed by atoms with Crippen LogP contribution in [0.1, 0.15) is 44.7 Å². The van der Waals surface area contributed by atoms with Gasteiger partial charge in [-0.1, -0.05) is 44.2 Å². The van der Waals surface area contributed by atoms with Gasteiger partial charge >= 0.3 is 0 Å². The molecule has 2 rings (SSSR count). The van der Waals surface area contributed by atoms with Crippen LogP contribution in [0, 0.1) is 11.8 Å². The van der Waals surface area contributed by atoms with Crippen molar-refractivity contribution in [3.63, 3.8) is 0 Å². The maximum absolute atomic E-state index is 12.8. The third kappa shape index (κ3) is 5.28. The molecule has 1 amide bonds. The van der Waals surface area contributed by atoms with Gasteiger partial charge in [0.2, 0.25) is 5.91 Å². The molecule has 1 saturated heterocycles. The number of amides is 1. The molecule has 146 valence electrons. The lowest BCUT2D eigenvalue weighted by Crippen LogP contribution is -2.47. The van der Waals surface area contributed by atoms with Gasteiger partial charge in [0, 0.05) is 33.1 Å². The van der Waals surface area contributed by atoms with Crippen LogP contribution in [0.5, 0.6) is 0 Å². The minimum atomic E-state index is -3.40. The lowest BCUT2D eigenvalue weighted by molar-refractivity contribution is -0.127. The van der Waals surface area contributed by atoms with Crippen LogP contribution in [0.4, 0.5) is 0 Å². The van der Waals surface area contributed by atoms with E-state index in [1.54, 1.807) is 0 Å². The SMILES string of the molecule is CC(C)C[C@H](NC(=O)C1CCN(S(=O)(=O)N(C)C)CC1)c1ccccc1. The summed E-state index contributed by atoms with van der Waals surface area (Å²) in [4.78, 5) is 12.8. The van der Waals surface area contributed by atoms with Gasteiger partial charge in [-0.05, 0) is 30.7 Å². The zero-order valence-corrected chi connectivity index (χ0v) is 17.0. The van der Waals surface area contributed by atoms with Crippen molar-refractivity contribution in [1.82, 2.24) is 13.9 Å². The van der Waals surface area contributed by atoms with Crippen molar-refractivity contribution in [2.75, 3.05) is 27.2 Å². The largest absolute Gasteiger partial charge is 0.349 e. The van der Waals surface area contributed by atoms with Crippen molar-refractivity contribution >= 4 is 16.1 Å². The Balaban J connectivity index is 1.98. The first-order valence-electron chi connectivity index (χ1n) is 9.24. The van der Waals surface area contributed by atoms with Crippen LogP contribution < -0.4 is 5.32 Å². The zero-order chi connectivity index (χ0) is 19.3. The quantitative estimate of drug-likeness (QED) is 0.788. The Bertz CT molecular complexity index is 681. The highest BCUT2D eigenvalue weighted by Crippen LogP contribution is 2.25. The van der Waals surface area contributed by atoms with E-state index in [2.05, 4.69) is 19.2 Å². The predicted molar refractivity (Wildman–Crippen MR) is 104 cm³/mol. The first-order valence-corrected chi connectivity index (χ1v) is 10.6. The molecular formula is C19H31N3O3S. The standard InChI is InChI=1S/C19H31N3O3S/c1-15(2)14-18(16-8-6-5-7-9-16)20-19(23)17-10-12-22(13-11-17)26(24,25)21(3)4/h5-9,15,17-18H,10-14H2,1-4H3,(H,20,23)/t18-/m0/s1. The van der Waals surface area contributed by atoms with Gasteiger partial charge in [0.15, 0.2) is 0 Å². The molecule has 26 heavy (non-hydrogen) atoms. The van der Waals surface area contributed by atoms with Crippen LogP contribution in [0.25, 0.3) is 0 Å². The summed E-state index contributed by atoms with van der Waals surface area (Å²) < 4.78 is 27.1. The van der Waals surface area contributed by atoms with Crippen LogP contribution in [0.3, 0.4) is 0 Å². The van der Waals surface area contributed by atoms with Gasteiger partial charge in [-0.15, -0.1) is 0 Å². The van der Waals surface area contributed by atoms with Gasteiger partial charge in [0.25, 0.3) is 10.2 Å². The Kier molecular flexibility index (Phi) is 7.20. The van der Waals surface area contributed by atoms with Crippen LogP contribution in [0.2, 0.25) is 0 Å². The summed E-state index contributed by atoms with van der Waals surface area (Å²) in [6.45, 7) is 5.07. The maximum Gasteiger partial charge on any atom is 0.281 e. The molecule has 1 N–H and O–H groups in total. The molecule has 7 heteroatoms. The predicted octanol–water partition coefficient (Wildman–Crippen LogP) is 2.41. The Morgan fingerprint density at radius 3 is 2.27 bits per heavy atom. The van der Waals surface area contributed by atoms with Crippen molar-refractivity contribution in [2.24, 2.45) is 11.8 Å². The smallest absolute Gasteiger partial charge is 0.281 e. The summed E-state index contributed by atoms with van der Waals surface area (Å²) in [6.07, 6.45) is 1.99. The number of piperidine rings is 1. The summed E-state index contributed by atoms with van der Waals surface area (Å²) >= 11 is 0. The second-order valence-corrected chi connectivity index (χ2v) is 9.71. The number of carbonyl (C=O) groups is 1. The minimum Gasteiger partial charge on any atom is -0.349 e. The molecule has 6 nitrogen and oxygen atoms in total. The van der Waals surface area contributed by atoms with Gasteiger partial charge in [0.1, 0.15) is 0 Å². The van der Waals surface area contributed by atoms with Crippen LogP contribution in [0.15, 0.2) is 30.3 Å². The summed E-state index contributed by atoms with van der Waals surface area (Å²) in [5, 5.41) is 3.19. The van der Waals surface area contributed by atoms with Crippen LogP contribution >= 0.6 is 0 Å². The molecule has 0 saturated carbocycles. The molecule has 1 aromatic rings. The number of carbonyl (C=O) groups excluding carboxylic acids is 1. The number of rotatable bonds is 7. The average molecular weight is 382 g/mol. The molecule has 0 radical (unpaired) electrons. The molecule has 1 aromatic carbocycles. The highest BCUT2D eigenvalue weighted by atomic mass is 32.2. The molecule has 1 heterocycles. The lowest BCUT2D eigenvalue weighted by atomic mass is 9.93. The average Bonchev–Trinajstić information content (AvgIpc) is 2.61. The lowest BCUT2D eigenvalue weighted by Gasteiger charge is -2.33. The second kappa shape index (κ2) is 8.97. The van der Waals surface area contributed by atoms with E-state index in [0.717, 1.165) is 12.0 Å². The Labute approximate surface area is 157 Å². The molecule has 0 unspecified atom stereocenters. The molecule has 1 atom stereocenters. The van der Waals surface area contributed by atoms with E-state index in [4.69, 9.17) is 0 Å². The first kappa shape index (κ1) is 20.9. The second-order valence-electron chi connectivity index (χ2n) is 7.56. The van der Waals surface area contributed by atoms with Crippen molar-refractivity contribution in [1.29, 1.82) is 0 Å². The molecule has 0 aromatic heterocycles. The molecule has 1 aliphatic rings. The Morgan fingerprint density at radius 1 is 1.19 bits per heavy atom. The molecule has 0 aliphatic carbocycles. The summed E-state index contributed by atoms with van der Waals surface area (Å²) in [7, 11) is -0.332. The number of nitrogens with zero attached hydrogens (tertiary/aromatic N) is 2. The van der Waals surface area contributed by atoms with Gasteiger partial charge in [0.05, 0.1) is 6.04 Å². The minimum absolute atomic E-state index is 0.00719. The van der Waals surface area contributed by atoms with E-state index in [1.807, 2.05) is 30.3 Å². The highest BCUT2D eigenvalue weighted by Gasteiger charge is 2.33. The first-order chi connectivity index (χ1) is 12.2. The fourth-order valence-electron chi connectivity index (χ4n) is 3.30. The van der Waals surface area contributed by atoms with Crippen LogP contribution in [-0.2, 0) is 15.0 Å². The van der Waals surface area contributed by atoms with Gasteiger partial charge in [-0.3, -0.25) is 4.79 Å². The summed E-state index contributed by atoms with van der Waals surface area (Å²) in [5.74, 6) is 0.357. The van der Waals surface area contributed by atoms with Crippen molar-refractivity contribution in [3.8, 4) is 0 Å². The van der Waals surface area contributed by atoms with E-state index in [9.17, 15) is 13.2 Å². The Morgan fingerprint density at radius 2 is 1.77 bits per heavy atom. The molecule has 1 fully saturated rings. The monoisotopic (exact) mass is 381 g/mol. The molecule has 1 aliphatic heterocycles. The van der Waals surface area contributed by atoms with E-state index in [-0.39, 0.29) is 17.9 Å². The zero-order valence-electron chi connectivity index (χ0n) is 16.2. The Hall–Kier alpha value is -1.44. The molecule has 0 bridgehead atoms. The number of nitrogens with one attached hydrogen (secondary N) is 1. The van der Waals surface area contributed by atoms with E-state index < -0.39 is 10.2 Å².